The van der Waals surface area contributed by atoms with Gasteiger partial charge in [0.2, 0.25) is 0 Å². The Hall–Kier alpha value is -0.450. The minimum atomic E-state index is -0.386. The quantitative estimate of drug-likeness (QED) is 0.870. The SMILES string of the molecule is CC(O)C(C)(C)NCc1csc(C(C)(C)C)n1. The average molecular weight is 256 g/mol. The van der Waals surface area contributed by atoms with E-state index in [1.807, 2.05) is 13.8 Å². The highest BCUT2D eigenvalue weighted by atomic mass is 32.1. The first-order chi connectivity index (χ1) is 7.63. The predicted molar refractivity (Wildman–Crippen MR) is 73.4 cm³/mol. The minimum Gasteiger partial charge on any atom is -0.392 e. The van der Waals surface area contributed by atoms with Crippen molar-refractivity contribution < 1.29 is 5.11 Å². The van der Waals surface area contributed by atoms with Gasteiger partial charge in [-0.05, 0) is 20.8 Å². The predicted octanol–water partition coefficient (Wildman–Crippen LogP) is 2.69. The van der Waals surface area contributed by atoms with Crippen molar-refractivity contribution in [2.45, 2.75) is 65.1 Å². The fourth-order valence-electron chi connectivity index (χ4n) is 1.20. The highest BCUT2D eigenvalue weighted by molar-refractivity contribution is 7.09. The van der Waals surface area contributed by atoms with Crippen LogP contribution in [0, 0.1) is 0 Å². The third kappa shape index (κ3) is 4.05. The van der Waals surface area contributed by atoms with Gasteiger partial charge in [0, 0.05) is 22.9 Å². The molecule has 3 nitrogen and oxygen atoms in total. The molecule has 0 saturated carbocycles. The Morgan fingerprint density at radius 3 is 2.35 bits per heavy atom. The monoisotopic (exact) mass is 256 g/mol. The van der Waals surface area contributed by atoms with E-state index in [4.69, 9.17) is 0 Å². The first kappa shape index (κ1) is 14.6. The van der Waals surface area contributed by atoms with Crippen LogP contribution in [0.15, 0.2) is 5.38 Å². The summed E-state index contributed by atoms with van der Waals surface area (Å²) in [7, 11) is 0. The van der Waals surface area contributed by atoms with Crippen LogP contribution in [-0.4, -0.2) is 21.7 Å². The summed E-state index contributed by atoms with van der Waals surface area (Å²) in [4.78, 5) is 4.62. The minimum absolute atomic E-state index is 0.114. The molecule has 0 fully saturated rings. The molecule has 2 N–H and O–H groups in total. The van der Waals surface area contributed by atoms with Crippen LogP contribution in [0.25, 0.3) is 0 Å². The maximum Gasteiger partial charge on any atom is 0.0982 e. The molecule has 17 heavy (non-hydrogen) atoms. The van der Waals surface area contributed by atoms with Crippen molar-refractivity contribution in [2.75, 3.05) is 0 Å². The molecule has 0 aliphatic carbocycles. The number of rotatable bonds is 4. The molecule has 1 atom stereocenters. The molecule has 0 spiro atoms. The van der Waals surface area contributed by atoms with Gasteiger partial charge in [0.25, 0.3) is 0 Å². The van der Waals surface area contributed by atoms with Gasteiger partial charge >= 0.3 is 0 Å². The zero-order valence-corrected chi connectivity index (χ0v) is 12.5. The van der Waals surface area contributed by atoms with Crippen molar-refractivity contribution in [2.24, 2.45) is 0 Å². The van der Waals surface area contributed by atoms with Gasteiger partial charge in [0.15, 0.2) is 0 Å². The largest absolute Gasteiger partial charge is 0.392 e. The van der Waals surface area contributed by atoms with Crippen LogP contribution in [0.1, 0.15) is 52.2 Å². The third-order valence-electron chi connectivity index (χ3n) is 2.96. The van der Waals surface area contributed by atoms with E-state index >= 15 is 0 Å². The normalized spacial score (nSPS) is 15.0. The van der Waals surface area contributed by atoms with Crippen molar-refractivity contribution >= 4 is 11.3 Å². The molecule has 98 valence electrons. The second kappa shape index (κ2) is 5.04. The summed E-state index contributed by atoms with van der Waals surface area (Å²) in [5.41, 5.74) is 0.877. The topological polar surface area (TPSA) is 45.1 Å². The van der Waals surface area contributed by atoms with Gasteiger partial charge in [-0.2, -0.15) is 0 Å². The highest BCUT2D eigenvalue weighted by Crippen LogP contribution is 2.25. The first-order valence-electron chi connectivity index (χ1n) is 6.01. The summed E-state index contributed by atoms with van der Waals surface area (Å²) in [5.74, 6) is 0. The number of hydrogen-bond acceptors (Lipinski definition) is 4. The van der Waals surface area contributed by atoms with Crippen molar-refractivity contribution in [1.82, 2.24) is 10.3 Å². The molecular formula is C13H24N2OS. The van der Waals surface area contributed by atoms with E-state index in [9.17, 15) is 5.11 Å². The highest BCUT2D eigenvalue weighted by Gasteiger charge is 2.24. The maximum atomic E-state index is 9.61. The van der Waals surface area contributed by atoms with Gasteiger partial charge in [-0.15, -0.1) is 11.3 Å². The Morgan fingerprint density at radius 1 is 1.35 bits per heavy atom. The zero-order valence-electron chi connectivity index (χ0n) is 11.7. The van der Waals surface area contributed by atoms with E-state index in [2.05, 4.69) is 36.5 Å². The molecule has 1 rings (SSSR count). The summed E-state index contributed by atoms with van der Waals surface area (Å²) in [6.45, 7) is 13.0. The maximum absolute atomic E-state index is 9.61. The van der Waals surface area contributed by atoms with Crippen LogP contribution in [0.3, 0.4) is 0 Å². The molecule has 4 heteroatoms. The Balaban J connectivity index is 2.63. The molecule has 1 aromatic heterocycles. The molecule has 0 aliphatic rings. The van der Waals surface area contributed by atoms with Crippen molar-refractivity contribution in [3.05, 3.63) is 16.1 Å². The van der Waals surface area contributed by atoms with Crippen molar-refractivity contribution in [1.29, 1.82) is 0 Å². The van der Waals surface area contributed by atoms with Crippen LogP contribution in [0.5, 0.6) is 0 Å². The Bertz CT molecular complexity index is 364. The van der Waals surface area contributed by atoms with Crippen LogP contribution in [0.2, 0.25) is 0 Å². The van der Waals surface area contributed by atoms with E-state index in [1.54, 1.807) is 18.3 Å². The molecule has 0 radical (unpaired) electrons. The van der Waals surface area contributed by atoms with E-state index < -0.39 is 0 Å². The fourth-order valence-corrected chi connectivity index (χ4v) is 2.11. The number of aliphatic hydroxyl groups excluding tert-OH is 1. The summed E-state index contributed by atoms with van der Waals surface area (Å²) in [5, 5.41) is 16.2. The lowest BCUT2D eigenvalue weighted by molar-refractivity contribution is 0.0954. The number of aliphatic hydroxyl groups is 1. The number of hydrogen-bond donors (Lipinski definition) is 2. The average Bonchev–Trinajstić information content (AvgIpc) is 2.62. The number of nitrogens with one attached hydrogen (secondary N) is 1. The lowest BCUT2D eigenvalue weighted by atomic mass is 9.98. The van der Waals surface area contributed by atoms with Gasteiger partial charge < -0.3 is 10.4 Å². The van der Waals surface area contributed by atoms with Crippen LogP contribution < -0.4 is 5.32 Å². The summed E-state index contributed by atoms with van der Waals surface area (Å²) in [6, 6.07) is 0. The lowest BCUT2D eigenvalue weighted by Crippen LogP contribution is -2.47. The van der Waals surface area contributed by atoms with Gasteiger partial charge in [0.1, 0.15) is 0 Å². The zero-order chi connectivity index (χ0) is 13.3. The third-order valence-corrected chi connectivity index (χ3v) is 4.28. The Labute approximate surface area is 108 Å². The van der Waals surface area contributed by atoms with E-state index in [0.717, 1.165) is 10.7 Å². The van der Waals surface area contributed by atoms with E-state index in [1.165, 1.54) is 0 Å². The van der Waals surface area contributed by atoms with E-state index in [0.29, 0.717) is 6.54 Å². The number of aromatic nitrogens is 1. The van der Waals surface area contributed by atoms with Gasteiger partial charge in [0.05, 0.1) is 16.8 Å². The van der Waals surface area contributed by atoms with E-state index in [-0.39, 0.29) is 17.1 Å². The lowest BCUT2D eigenvalue weighted by Gasteiger charge is -2.29. The second-order valence-electron chi connectivity index (χ2n) is 6.15. The second-order valence-corrected chi connectivity index (χ2v) is 7.00. The molecule has 1 aromatic rings. The van der Waals surface area contributed by atoms with Crippen molar-refractivity contribution in [3.63, 3.8) is 0 Å². The van der Waals surface area contributed by atoms with Gasteiger partial charge in [-0.3, -0.25) is 0 Å². The van der Waals surface area contributed by atoms with Crippen LogP contribution in [0.4, 0.5) is 0 Å². The summed E-state index contributed by atoms with van der Waals surface area (Å²) in [6.07, 6.45) is -0.386. The fraction of sp³-hybridized carbons (Fsp3) is 0.769. The first-order valence-corrected chi connectivity index (χ1v) is 6.89. The van der Waals surface area contributed by atoms with Gasteiger partial charge in [-0.1, -0.05) is 20.8 Å². The molecule has 0 aromatic carbocycles. The smallest absolute Gasteiger partial charge is 0.0982 e. The van der Waals surface area contributed by atoms with Crippen LogP contribution in [-0.2, 0) is 12.0 Å². The molecule has 1 unspecified atom stereocenters. The molecule has 0 amide bonds. The summed E-state index contributed by atoms with van der Waals surface area (Å²) < 4.78 is 0. The standard InChI is InChI=1S/C13H24N2OS/c1-9(16)13(5,6)14-7-10-8-17-11(15-10)12(2,3)4/h8-9,14,16H,7H2,1-6H3. The van der Waals surface area contributed by atoms with Crippen molar-refractivity contribution in [3.8, 4) is 0 Å². The Morgan fingerprint density at radius 2 is 1.94 bits per heavy atom. The molecule has 0 saturated heterocycles. The molecule has 0 aliphatic heterocycles. The van der Waals surface area contributed by atoms with Gasteiger partial charge in [-0.25, -0.2) is 4.98 Å². The molecular weight excluding hydrogens is 232 g/mol. The Kier molecular flexibility index (Phi) is 4.33. The number of thiazole rings is 1. The molecule has 1 heterocycles. The molecule has 0 bridgehead atoms. The summed E-state index contributed by atoms with van der Waals surface area (Å²) >= 11 is 1.70. The van der Waals surface area contributed by atoms with Crippen LogP contribution >= 0.6 is 11.3 Å². The number of nitrogens with zero attached hydrogens (tertiary/aromatic N) is 1.